The number of carbonyl (C=O) groups is 3. The molecule has 0 aromatic heterocycles. The molecule has 10 heteroatoms. The Balaban J connectivity index is 1.48. The smallest absolute Gasteiger partial charge is 0.411 e. The molecular weight excluding hydrogens is 408 g/mol. The Morgan fingerprint density at radius 3 is 2.60 bits per heavy atom. The highest BCUT2D eigenvalue weighted by atomic mass is 32.2. The highest BCUT2D eigenvalue weighted by Gasteiger charge is 2.32. The summed E-state index contributed by atoms with van der Waals surface area (Å²) >= 11 is 1.03. The minimum Gasteiger partial charge on any atom is -0.481 e. The number of benzene rings is 2. The first kappa shape index (κ1) is 21.1. The molecule has 2 aromatic rings. The van der Waals surface area contributed by atoms with Gasteiger partial charge >= 0.3 is 12.1 Å². The van der Waals surface area contributed by atoms with Crippen LogP contribution >= 0.6 is 11.8 Å². The number of carbonyl (C=O) groups excluding carboxylic acids is 2. The van der Waals surface area contributed by atoms with Gasteiger partial charge in [-0.2, -0.15) is 5.10 Å². The molecule has 3 N–H and O–H groups in total. The minimum atomic E-state index is -1.05. The van der Waals surface area contributed by atoms with Crippen LogP contribution in [-0.2, 0) is 20.9 Å². The van der Waals surface area contributed by atoms with Gasteiger partial charge < -0.3 is 15.2 Å². The number of amidine groups is 1. The van der Waals surface area contributed by atoms with Crippen molar-refractivity contribution in [2.24, 2.45) is 10.2 Å². The van der Waals surface area contributed by atoms with Crippen LogP contribution in [0.25, 0.3) is 0 Å². The van der Waals surface area contributed by atoms with Crippen molar-refractivity contribution in [1.29, 1.82) is 0 Å². The van der Waals surface area contributed by atoms with Gasteiger partial charge in [0.05, 0.1) is 12.6 Å². The van der Waals surface area contributed by atoms with Crippen LogP contribution in [-0.4, -0.2) is 39.7 Å². The number of hydrogen-bond acceptors (Lipinski definition) is 7. The van der Waals surface area contributed by atoms with Crippen molar-refractivity contribution in [3.05, 3.63) is 65.7 Å². The Labute approximate surface area is 176 Å². The molecule has 9 nitrogen and oxygen atoms in total. The fourth-order valence-corrected chi connectivity index (χ4v) is 3.34. The van der Waals surface area contributed by atoms with Gasteiger partial charge in [-0.05, 0) is 23.3 Å². The number of nitrogens with zero attached hydrogens (tertiary/aromatic N) is 2. The molecule has 0 saturated carbocycles. The molecule has 1 heterocycles. The second-order valence-corrected chi connectivity index (χ2v) is 7.34. The molecular formula is C20H18N4O5S. The van der Waals surface area contributed by atoms with Gasteiger partial charge in [0.2, 0.25) is 5.91 Å². The molecule has 0 bridgehead atoms. The summed E-state index contributed by atoms with van der Waals surface area (Å²) in [5.41, 5.74) is 2.18. The van der Waals surface area contributed by atoms with Crippen molar-refractivity contribution >= 4 is 46.8 Å². The largest absolute Gasteiger partial charge is 0.481 e. The second-order valence-electron chi connectivity index (χ2n) is 6.15. The standard InChI is InChI=1S/C20H18N4O5S/c25-17(26)10-16-18(27)23-19(30-16)24-21-11-13-6-8-15(9-7-13)22-20(28)29-12-14-4-2-1-3-5-14/h1-9,11,16H,10,12H2,(H,22,28)(H,25,26)(H,23,24,27). The molecule has 1 atom stereocenters. The van der Waals surface area contributed by atoms with Crippen molar-refractivity contribution in [2.75, 3.05) is 5.32 Å². The van der Waals surface area contributed by atoms with Gasteiger partial charge in [0.15, 0.2) is 5.17 Å². The number of nitrogens with one attached hydrogen (secondary N) is 2. The average molecular weight is 426 g/mol. The molecule has 2 aromatic carbocycles. The zero-order chi connectivity index (χ0) is 21.3. The molecule has 0 radical (unpaired) electrons. The quantitative estimate of drug-likeness (QED) is 0.461. The van der Waals surface area contributed by atoms with Crippen LogP contribution in [0, 0.1) is 0 Å². The Kier molecular flexibility index (Phi) is 7.17. The van der Waals surface area contributed by atoms with Gasteiger partial charge in [-0.1, -0.05) is 54.2 Å². The molecule has 0 aliphatic carbocycles. The number of carboxylic acid groups (broad SMARTS) is 1. The van der Waals surface area contributed by atoms with E-state index >= 15 is 0 Å². The molecule has 1 aliphatic rings. The summed E-state index contributed by atoms with van der Waals surface area (Å²) in [6.45, 7) is 0.180. The minimum absolute atomic E-state index is 0.180. The summed E-state index contributed by atoms with van der Waals surface area (Å²) in [7, 11) is 0. The number of rotatable bonds is 7. The fraction of sp³-hybridized carbons (Fsp3) is 0.150. The first-order chi connectivity index (χ1) is 14.5. The average Bonchev–Trinajstić information content (AvgIpc) is 3.07. The van der Waals surface area contributed by atoms with Crippen LogP contribution in [0.5, 0.6) is 0 Å². The molecule has 1 unspecified atom stereocenters. The van der Waals surface area contributed by atoms with E-state index in [4.69, 9.17) is 9.84 Å². The van der Waals surface area contributed by atoms with Crippen molar-refractivity contribution in [3.8, 4) is 0 Å². The lowest BCUT2D eigenvalue weighted by molar-refractivity contribution is -0.138. The second kappa shape index (κ2) is 10.2. The maximum Gasteiger partial charge on any atom is 0.411 e. The summed E-state index contributed by atoms with van der Waals surface area (Å²) < 4.78 is 5.16. The van der Waals surface area contributed by atoms with Crippen LogP contribution in [0.1, 0.15) is 17.5 Å². The third-order valence-electron chi connectivity index (χ3n) is 3.86. The summed E-state index contributed by atoms with van der Waals surface area (Å²) in [6, 6.07) is 16.2. The monoisotopic (exact) mass is 426 g/mol. The van der Waals surface area contributed by atoms with E-state index in [1.165, 1.54) is 6.21 Å². The van der Waals surface area contributed by atoms with E-state index in [2.05, 4.69) is 20.8 Å². The highest BCUT2D eigenvalue weighted by molar-refractivity contribution is 8.15. The molecule has 1 saturated heterocycles. The van der Waals surface area contributed by atoms with E-state index in [0.717, 1.165) is 22.9 Å². The van der Waals surface area contributed by atoms with Crippen LogP contribution in [0.4, 0.5) is 10.5 Å². The van der Waals surface area contributed by atoms with Crippen molar-refractivity contribution < 1.29 is 24.2 Å². The molecule has 3 rings (SSSR count). The lowest BCUT2D eigenvalue weighted by Crippen LogP contribution is -2.26. The van der Waals surface area contributed by atoms with E-state index in [9.17, 15) is 14.4 Å². The van der Waals surface area contributed by atoms with E-state index in [1.807, 2.05) is 30.3 Å². The first-order valence-electron chi connectivity index (χ1n) is 8.88. The Morgan fingerprint density at radius 2 is 1.90 bits per heavy atom. The Bertz CT molecular complexity index is 976. The third-order valence-corrected chi connectivity index (χ3v) is 4.93. The highest BCUT2D eigenvalue weighted by Crippen LogP contribution is 2.22. The first-order valence-corrected chi connectivity index (χ1v) is 9.75. The number of hydrogen-bond donors (Lipinski definition) is 3. The third kappa shape index (κ3) is 6.45. The molecule has 0 spiro atoms. The molecule has 1 aliphatic heterocycles. The van der Waals surface area contributed by atoms with Gasteiger partial charge in [-0.15, -0.1) is 5.10 Å². The predicted molar refractivity (Wildman–Crippen MR) is 113 cm³/mol. The number of thioether (sulfide) groups is 1. The topological polar surface area (TPSA) is 129 Å². The number of anilines is 1. The SMILES string of the molecule is O=C(O)CC1SC(=NN=Cc2ccc(NC(=O)OCc3ccccc3)cc2)NC1=O. The van der Waals surface area contributed by atoms with Crippen molar-refractivity contribution in [3.63, 3.8) is 0 Å². The van der Waals surface area contributed by atoms with Gasteiger partial charge in [0.25, 0.3) is 0 Å². The van der Waals surface area contributed by atoms with Crippen LogP contribution in [0.3, 0.4) is 0 Å². The van der Waals surface area contributed by atoms with Gasteiger partial charge in [-0.3, -0.25) is 14.9 Å². The molecule has 2 amide bonds. The summed E-state index contributed by atoms with van der Waals surface area (Å²) in [5.74, 6) is -1.45. The number of amides is 2. The van der Waals surface area contributed by atoms with Gasteiger partial charge in [0.1, 0.15) is 11.9 Å². The summed E-state index contributed by atoms with van der Waals surface area (Å²) in [4.78, 5) is 34.2. The van der Waals surface area contributed by atoms with Crippen LogP contribution < -0.4 is 10.6 Å². The van der Waals surface area contributed by atoms with E-state index < -0.39 is 23.2 Å². The number of carboxylic acids is 1. The van der Waals surface area contributed by atoms with Gasteiger partial charge in [0, 0.05) is 5.69 Å². The number of ether oxygens (including phenoxy) is 1. The van der Waals surface area contributed by atoms with Crippen LogP contribution in [0.15, 0.2) is 64.8 Å². The fourth-order valence-electron chi connectivity index (χ4n) is 2.42. The predicted octanol–water partition coefficient (Wildman–Crippen LogP) is 2.83. The van der Waals surface area contributed by atoms with E-state index in [1.54, 1.807) is 24.3 Å². The lowest BCUT2D eigenvalue weighted by atomic mass is 10.2. The summed E-state index contributed by atoms with van der Waals surface area (Å²) in [6.07, 6.45) is 0.639. The maximum absolute atomic E-state index is 11.9. The number of aliphatic carboxylic acids is 1. The Morgan fingerprint density at radius 1 is 1.17 bits per heavy atom. The van der Waals surface area contributed by atoms with E-state index in [-0.39, 0.29) is 18.2 Å². The Hall–Kier alpha value is -3.66. The maximum atomic E-state index is 11.9. The zero-order valence-electron chi connectivity index (χ0n) is 15.6. The van der Waals surface area contributed by atoms with Gasteiger partial charge in [-0.25, -0.2) is 4.79 Å². The van der Waals surface area contributed by atoms with E-state index in [0.29, 0.717) is 5.69 Å². The zero-order valence-corrected chi connectivity index (χ0v) is 16.5. The molecule has 154 valence electrons. The summed E-state index contributed by atoms with van der Waals surface area (Å²) in [5, 5.41) is 21.2. The van der Waals surface area contributed by atoms with Crippen molar-refractivity contribution in [1.82, 2.24) is 5.32 Å². The molecule has 30 heavy (non-hydrogen) atoms. The lowest BCUT2D eigenvalue weighted by Gasteiger charge is -2.07. The van der Waals surface area contributed by atoms with Crippen LogP contribution in [0.2, 0.25) is 0 Å². The molecule has 1 fully saturated rings. The van der Waals surface area contributed by atoms with Crippen molar-refractivity contribution in [2.45, 2.75) is 18.3 Å². The normalized spacial score (nSPS) is 17.1.